The summed E-state index contributed by atoms with van der Waals surface area (Å²) < 4.78 is 15.0. The molecule has 5 nitrogen and oxygen atoms in total. The summed E-state index contributed by atoms with van der Waals surface area (Å²) in [5.41, 5.74) is 7.63. The number of nitrogens with one attached hydrogen (secondary N) is 1. The Kier molecular flexibility index (Phi) is 6.97. The van der Waals surface area contributed by atoms with Crippen LogP contribution in [0.25, 0.3) is 17.3 Å². The quantitative estimate of drug-likeness (QED) is 0.446. The van der Waals surface area contributed by atoms with Crippen molar-refractivity contribution in [3.8, 4) is 5.69 Å². The van der Waals surface area contributed by atoms with Crippen LogP contribution in [0.5, 0.6) is 0 Å². The number of hydrogen-bond acceptors (Lipinski definition) is 4. The molecule has 3 heterocycles. The van der Waals surface area contributed by atoms with E-state index in [0.717, 1.165) is 54.1 Å². The lowest BCUT2D eigenvalue weighted by Crippen LogP contribution is -2.45. The Morgan fingerprint density at radius 2 is 1.82 bits per heavy atom. The zero-order valence-corrected chi connectivity index (χ0v) is 20.7. The summed E-state index contributed by atoms with van der Waals surface area (Å²) in [7, 11) is 0. The molecule has 176 valence electrons. The fourth-order valence-corrected chi connectivity index (χ4v) is 5.82. The largest absolute Gasteiger partial charge is 0.284 e. The maximum atomic E-state index is 13.6. The smallest absolute Gasteiger partial charge is 0.283 e. The van der Waals surface area contributed by atoms with Gasteiger partial charge in [0.05, 0.1) is 16.4 Å². The van der Waals surface area contributed by atoms with Crippen LogP contribution in [0.3, 0.4) is 0 Å². The predicted molar refractivity (Wildman–Crippen MR) is 137 cm³/mol. The Morgan fingerprint density at radius 1 is 1.06 bits per heavy atom. The lowest BCUT2D eigenvalue weighted by Gasteiger charge is -2.27. The molecule has 1 amide bonds. The van der Waals surface area contributed by atoms with Gasteiger partial charge >= 0.3 is 0 Å². The van der Waals surface area contributed by atoms with E-state index in [1.165, 1.54) is 18.6 Å². The minimum atomic E-state index is -0.279. The Morgan fingerprint density at radius 3 is 2.56 bits per heavy atom. The van der Waals surface area contributed by atoms with E-state index < -0.39 is 0 Å². The van der Waals surface area contributed by atoms with Gasteiger partial charge in [-0.3, -0.25) is 10.2 Å². The van der Waals surface area contributed by atoms with Crippen molar-refractivity contribution in [2.24, 2.45) is 0 Å². The average Bonchev–Trinajstić information content (AvgIpc) is 3.21. The molecule has 1 aromatic heterocycles. The zero-order chi connectivity index (χ0) is 23.7. The number of benzene rings is 2. The summed E-state index contributed by atoms with van der Waals surface area (Å²) in [6.45, 7) is 1.66. The Labute approximate surface area is 211 Å². The van der Waals surface area contributed by atoms with Crippen LogP contribution in [0.1, 0.15) is 46.6 Å². The molecule has 1 saturated heterocycles. The Hall–Kier alpha value is -2.32. The highest BCUT2D eigenvalue weighted by Crippen LogP contribution is 2.37. The standard InChI is InChI=1S/C25H23Cl2FN4OS/c26-18-6-9-22(21(27)13-18)32-24(25(33)30-31-10-2-1-3-11-31)20-15-34-14-17(23(20)29-32)12-16-4-7-19(28)8-5-16/h4-9,12-13H,1-3,10-11,14-15H2,(H,30,33)/b17-12+. The zero-order valence-electron chi connectivity index (χ0n) is 18.4. The number of carbonyl (C=O) groups excluding carboxylic acids is 1. The van der Waals surface area contributed by atoms with Crippen LogP contribution >= 0.6 is 35.0 Å². The number of carbonyl (C=O) groups is 1. The van der Waals surface area contributed by atoms with E-state index in [1.807, 2.05) is 11.1 Å². The molecule has 2 aliphatic heterocycles. The van der Waals surface area contributed by atoms with Crippen LogP contribution in [0.4, 0.5) is 4.39 Å². The molecule has 2 aromatic carbocycles. The van der Waals surface area contributed by atoms with Crippen molar-refractivity contribution in [2.75, 3.05) is 18.8 Å². The van der Waals surface area contributed by atoms with Crippen molar-refractivity contribution < 1.29 is 9.18 Å². The number of amides is 1. The number of hydrogen-bond donors (Lipinski definition) is 1. The predicted octanol–water partition coefficient (Wildman–Crippen LogP) is 6.24. The highest BCUT2D eigenvalue weighted by atomic mass is 35.5. The lowest BCUT2D eigenvalue weighted by molar-refractivity contribution is 0.0741. The molecule has 0 bridgehead atoms. The van der Waals surface area contributed by atoms with Gasteiger partial charge < -0.3 is 0 Å². The van der Waals surface area contributed by atoms with Crippen LogP contribution in [0, 0.1) is 5.82 Å². The first-order chi connectivity index (χ1) is 16.5. The van der Waals surface area contributed by atoms with Gasteiger partial charge in [-0.2, -0.15) is 16.9 Å². The minimum Gasteiger partial charge on any atom is -0.283 e. The molecule has 0 saturated carbocycles. The highest BCUT2D eigenvalue weighted by Gasteiger charge is 2.30. The molecule has 34 heavy (non-hydrogen) atoms. The van der Waals surface area contributed by atoms with E-state index in [9.17, 15) is 9.18 Å². The molecule has 1 N–H and O–H groups in total. The van der Waals surface area contributed by atoms with E-state index in [4.69, 9.17) is 28.3 Å². The molecule has 0 aliphatic carbocycles. The van der Waals surface area contributed by atoms with E-state index >= 15 is 0 Å². The molecule has 1 fully saturated rings. The third-order valence-electron chi connectivity index (χ3n) is 5.97. The SMILES string of the molecule is O=C(NN1CCCCC1)c1c2c(nn1-c1ccc(Cl)cc1Cl)/C(=C/c1ccc(F)cc1)CSC2. The topological polar surface area (TPSA) is 50.2 Å². The number of thioether (sulfide) groups is 1. The summed E-state index contributed by atoms with van der Waals surface area (Å²) in [6.07, 6.45) is 5.29. The summed E-state index contributed by atoms with van der Waals surface area (Å²) >= 11 is 14.4. The summed E-state index contributed by atoms with van der Waals surface area (Å²) in [5, 5.41) is 7.78. The van der Waals surface area contributed by atoms with Crippen LogP contribution in [0.15, 0.2) is 42.5 Å². The maximum Gasteiger partial charge on any atom is 0.284 e. The fourth-order valence-electron chi connectivity index (χ4n) is 4.31. The summed E-state index contributed by atoms with van der Waals surface area (Å²) in [6, 6.07) is 11.5. The van der Waals surface area contributed by atoms with E-state index in [-0.39, 0.29) is 11.7 Å². The number of halogens is 3. The number of nitrogens with zero attached hydrogens (tertiary/aromatic N) is 3. The highest BCUT2D eigenvalue weighted by molar-refractivity contribution is 7.99. The van der Waals surface area contributed by atoms with Crippen LogP contribution < -0.4 is 5.43 Å². The molecule has 9 heteroatoms. The second-order valence-corrected chi connectivity index (χ2v) is 10.2. The molecule has 5 rings (SSSR count). The fraction of sp³-hybridized carbons (Fsp3) is 0.280. The summed E-state index contributed by atoms with van der Waals surface area (Å²) in [5.74, 6) is 0.914. The van der Waals surface area contributed by atoms with Gasteiger partial charge in [0.15, 0.2) is 0 Å². The molecule has 0 atom stereocenters. The number of fused-ring (bicyclic) bond motifs is 1. The van der Waals surface area contributed by atoms with Crippen molar-refractivity contribution in [1.82, 2.24) is 20.2 Å². The first-order valence-corrected chi connectivity index (χ1v) is 13.1. The summed E-state index contributed by atoms with van der Waals surface area (Å²) in [4.78, 5) is 13.6. The monoisotopic (exact) mass is 516 g/mol. The van der Waals surface area contributed by atoms with Gasteiger partial charge in [-0.05, 0) is 60.4 Å². The van der Waals surface area contributed by atoms with Gasteiger partial charge in [-0.25, -0.2) is 14.1 Å². The van der Waals surface area contributed by atoms with E-state index in [1.54, 1.807) is 46.8 Å². The third-order valence-corrected chi connectivity index (χ3v) is 7.52. The van der Waals surface area contributed by atoms with Crippen molar-refractivity contribution in [3.63, 3.8) is 0 Å². The van der Waals surface area contributed by atoms with Gasteiger partial charge in [-0.1, -0.05) is 41.8 Å². The molecule has 0 unspecified atom stereocenters. The lowest BCUT2D eigenvalue weighted by atomic mass is 10.0. The van der Waals surface area contributed by atoms with E-state index in [2.05, 4.69) is 5.43 Å². The first-order valence-electron chi connectivity index (χ1n) is 11.2. The van der Waals surface area contributed by atoms with Gasteiger partial charge in [0.2, 0.25) is 0 Å². The Bertz CT molecular complexity index is 1250. The maximum absolute atomic E-state index is 13.6. The molecular formula is C25H23Cl2FN4OS. The number of piperidine rings is 1. The van der Waals surface area contributed by atoms with Crippen molar-refractivity contribution in [3.05, 3.63) is 80.8 Å². The van der Waals surface area contributed by atoms with Crippen LogP contribution in [0.2, 0.25) is 10.0 Å². The van der Waals surface area contributed by atoms with Gasteiger partial charge in [0.25, 0.3) is 5.91 Å². The second kappa shape index (κ2) is 10.1. The molecule has 0 radical (unpaired) electrons. The molecule has 2 aliphatic rings. The number of aromatic nitrogens is 2. The first kappa shape index (κ1) is 23.4. The Balaban J connectivity index is 1.61. The number of hydrazine groups is 1. The van der Waals surface area contributed by atoms with Crippen molar-refractivity contribution >= 4 is 52.5 Å². The van der Waals surface area contributed by atoms with Gasteiger partial charge in [0.1, 0.15) is 11.5 Å². The van der Waals surface area contributed by atoms with E-state index in [0.29, 0.717) is 27.2 Å². The minimum absolute atomic E-state index is 0.203. The molecule has 3 aromatic rings. The van der Waals surface area contributed by atoms with Crippen LogP contribution in [-0.2, 0) is 5.75 Å². The average molecular weight is 517 g/mol. The van der Waals surface area contributed by atoms with Gasteiger partial charge in [0, 0.05) is 35.2 Å². The van der Waals surface area contributed by atoms with Crippen molar-refractivity contribution in [1.29, 1.82) is 0 Å². The molecular weight excluding hydrogens is 494 g/mol. The van der Waals surface area contributed by atoms with Crippen molar-refractivity contribution in [2.45, 2.75) is 25.0 Å². The van der Waals surface area contributed by atoms with Gasteiger partial charge in [-0.15, -0.1) is 0 Å². The normalized spacial score (nSPS) is 17.6. The number of rotatable bonds is 4. The third kappa shape index (κ3) is 4.89. The second-order valence-electron chi connectivity index (χ2n) is 8.39. The van der Waals surface area contributed by atoms with Crippen LogP contribution in [-0.4, -0.2) is 39.5 Å². The molecule has 0 spiro atoms.